The van der Waals surface area contributed by atoms with Crippen molar-refractivity contribution in [1.29, 1.82) is 0 Å². The minimum absolute atomic E-state index is 0.217. The van der Waals surface area contributed by atoms with E-state index in [9.17, 15) is 0 Å². The van der Waals surface area contributed by atoms with E-state index >= 15 is 0 Å². The van der Waals surface area contributed by atoms with Crippen LogP contribution in [0.5, 0.6) is 0 Å². The van der Waals surface area contributed by atoms with E-state index in [1.807, 2.05) is 24.3 Å². The highest BCUT2D eigenvalue weighted by atomic mass is 79.9. The van der Waals surface area contributed by atoms with Gasteiger partial charge in [0.2, 0.25) is 0 Å². The van der Waals surface area contributed by atoms with Gasteiger partial charge in [0.15, 0.2) is 0 Å². The topological polar surface area (TPSA) is 0 Å². The molecule has 2 aromatic rings. The summed E-state index contributed by atoms with van der Waals surface area (Å²) in [6.45, 7) is 2.19. The van der Waals surface area contributed by atoms with Crippen LogP contribution in [0.2, 0.25) is 10.0 Å². The van der Waals surface area contributed by atoms with E-state index in [4.69, 9.17) is 23.2 Å². The lowest BCUT2D eigenvalue weighted by molar-refractivity contribution is 0.752. The molecule has 94 valence electrons. The maximum absolute atomic E-state index is 6.06. The van der Waals surface area contributed by atoms with Gasteiger partial charge in [0.1, 0.15) is 0 Å². The van der Waals surface area contributed by atoms with Gasteiger partial charge in [-0.3, -0.25) is 0 Å². The summed E-state index contributed by atoms with van der Waals surface area (Å²) in [6.07, 6.45) is 0. The summed E-state index contributed by atoms with van der Waals surface area (Å²) in [7, 11) is 0. The van der Waals surface area contributed by atoms with E-state index < -0.39 is 0 Å². The first-order valence-electron chi connectivity index (χ1n) is 5.73. The molecule has 0 aliphatic rings. The number of benzene rings is 2. The Balaban J connectivity index is 2.25. The van der Waals surface area contributed by atoms with Crippen molar-refractivity contribution in [3.05, 3.63) is 69.7 Å². The molecule has 2 atom stereocenters. The van der Waals surface area contributed by atoms with Gasteiger partial charge in [-0.2, -0.15) is 0 Å². The van der Waals surface area contributed by atoms with Crippen LogP contribution in [-0.4, -0.2) is 0 Å². The Labute approximate surface area is 126 Å². The maximum Gasteiger partial charge on any atom is 0.0595 e. The number of rotatable bonds is 3. The Kier molecular flexibility index (Phi) is 4.71. The van der Waals surface area contributed by atoms with Crippen molar-refractivity contribution in [2.45, 2.75) is 17.7 Å². The van der Waals surface area contributed by atoms with Crippen molar-refractivity contribution in [3.63, 3.8) is 0 Å². The fraction of sp³-hybridized carbons (Fsp3) is 0.200. The smallest absolute Gasteiger partial charge is 0.0595 e. The van der Waals surface area contributed by atoms with Crippen LogP contribution < -0.4 is 0 Å². The highest BCUT2D eigenvalue weighted by molar-refractivity contribution is 9.09. The third-order valence-electron chi connectivity index (χ3n) is 3.03. The summed E-state index contributed by atoms with van der Waals surface area (Å²) in [6, 6.07) is 16.2. The molecule has 0 heterocycles. The minimum atomic E-state index is 0.217. The summed E-state index contributed by atoms with van der Waals surface area (Å²) in [5, 5.41) is 1.19. The fourth-order valence-electron chi connectivity index (χ4n) is 1.90. The van der Waals surface area contributed by atoms with Crippen molar-refractivity contribution in [3.8, 4) is 0 Å². The summed E-state index contributed by atoms with van der Waals surface area (Å²) in [5.74, 6) is 0.364. The molecule has 2 rings (SSSR count). The highest BCUT2D eigenvalue weighted by Gasteiger charge is 2.18. The summed E-state index contributed by atoms with van der Waals surface area (Å²) >= 11 is 15.7. The van der Waals surface area contributed by atoms with E-state index in [0.717, 1.165) is 5.56 Å². The van der Waals surface area contributed by atoms with Gasteiger partial charge >= 0.3 is 0 Å². The molecule has 0 nitrogen and oxygen atoms in total. The number of hydrogen-bond donors (Lipinski definition) is 0. The minimum Gasteiger partial charge on any atom is -0.0832 e. The molecule has 0 radical (unpaired) electrons. The first kappa shape index (κ1) is 13.9. The lowest BCUT2D eigenvalue weighted by Gasteiger charge is -2.19. The van der Waals surface area contributed by atoms with Crippen molar-refractivity contribution < 1.29 is 0 Å². The molecule has 0 saturated carbocycles. The number of hydrogen-bond acceptors (Lipinski definition) is 0. The Hall–Kier alpha value is -0.500. The van der Waals surface area contributed by atoms with E-state index in [-0.39, 0.29) is 4.83 Å². The average molecular weight is 344 g/mol. The second kappa shape index (κ2) is 6.10. The molecule has 0 amide bonds. The van der Waals surface area contributed by atoms with E-state index in [1.165, 1.54) is 5.56 Å². The van der Waals surface area contributed by atoms with Gasteiger partial charge in [-0.1, -0.05) is 82.5 Å². The molecular formula is C15H13BrCl2. The van der Waals surface area contributed by atoms with Crippen molar-refractivity contribution in [2.75, 3.05) is 0 Å². The van der Waals surface area contributed by atoms with Crippen LogP contribution >= 0.6 is 39.1 Å². The molecule has 0 fully saturated rings. The first-order chi connectivity index (χ1) is 8.59. The Morgan fingerprint density at radius 2 is 1.56 bits per heavy atom. The van der Waals surface area contributed by atoms with Gasteiger partial charge in [-0.15, -0.1) is 0 Å². The van der Waals surface area contributed by atoms with Crippen LogP contribution in [0.4, 0.5) is 0 Å². The Morgan fingerprint density at radius 1 is 0.889 bits per heavy atom. The zero-order valence-electron chi connectivity index (χ0n) is 9.91. The Bertz CT molecular complexity index is 525. The summed E-state index contributed by atoms with van der Waals surface area (Å²) in [5.41, 5.74) is 2.44. The van der Waals surface area contributed by atoms with Crippen molar-refractivity contribution >= 4 is 39.1 Å². The molecule has 0 saturated heterocycles. The third-order valence-corrected chi connectivity index (χ3v) is 5.09. The second-order valence-electron chi connectivity index (χ2n) is 4.27. The maximum atomic E-state index is 6.06. The molecule has 0 aliphatic heterocycles. The SMILES string of the molecule is CC(c1ccccc1)C(Br)c1ccc(Cl)c(Cl)c1. The van der Waals surface area contributed by atoms with Gasteiger partial charge in [-0.05, 0) is 29.2 Å². The van der Waals surface area contributed by atoms with E-state index in [1.54, 1.807) is 0 Å². The standard InChI is InChI=1S/C15H13BrCl2/c1-10(11-5-3-2-4-6-11)15(16)12-7-8-13(17)14(18)9-12/h2-10,15H,1H3. The molecule has 0 bridgehead atoms. The quantitative estimate of drug-likeness (QED) is 0.579. The largest absolute Gasteiger partial charge is 0.0832 e. The summed E-state index contributed by atoms with van der Waals surface area (Å²) < 4.78 is 0. The van der Waals surface area contributed by atoms with Crippen molar-refractivity contribution in [2.24, 2.45) is 0 Å². The van der Waals surface area contributed by atoms with Gasteiger partial charge in [-0.25, -0.2) is 0 Å². The van der Waals surface area contributed by atoms with Crippen LogP contribution in [0.15, 0.2) is 48.5 Å². The van der Waals surface area contributed by atoms with E-state index in [2.05, 4.69) is 47.1 Å². The summed E-state index contributed by atoms with van der Waals surface area (Å²) in [4.78, 5) is 0.217. The molecule has 2 aromatic carbocycles. The van der Waals surface area contributed by atoms with Gasteiger partial charge in [0, 0.05) is 4.83 Å². The molecule has 0 aliphatic carbocycles. The molecule has 0 spiro atoms. The zero-order chi connectivity index (χ0) is 13.1. The van der Waals surface area contributed by atoms with Crippen LogP contribution in [0.25, 0.3) is 0 Å². The molecule has 0 aromatic heterocycles. The van der Waals surface area contributed by atoms with Gasteiger partial charge in [0.25, 0.3) is 0 Å². The van der Waals surface area contributed by atoms with Crippen LogP contribution in [0, 0.1) is 0 Å². The lowest BCUT2D eigenvalue weighted by atomic mass is 9.94. The highest BCUT2D eigenvalue weighted by Crippen LogP contribution is 2.39. The average Bonchev–Trinajstić information content (AvgIpc) is 2.41. The number of alkyl halides is 1. The van der Waals surface area contributed by atoms with Crippen LogP contribution in [0.3, 0.4) is 0 Å². The Morgan fingerprint density at radius 3 is 2.17 bits per heavy atom. The molecule has 3 heteroatoms. The normalized spacial score (nSPS) is 14.2. The monoisotopic (exact) mass is 342 g/mol. The molecule has 0 N–H and O–H groups in total. The lowest BCUT2D eigenvalue weighted by Crippen LogP contribution is -2.02. The first-order valence-corrected chi connectivity index (χ1v) is 7.40. The second-order valence-corrected chi connectivity index (χ2v) is 6.08. The fourth-order valence-corrected chi connectivity index (χ4v) is 2.79. The number of halogens is 3. The van der Waals surface area contributed by atoms with Crippen molar-refractivity contribution in [1.82, 2.24) is 0 Å². The molecular weight excluding hydrogens is 331 g/mol. The third kappa shape index (κ3) is 3.09. The van der Waals surface area contributed by atoms with Gasteiger partial charge < -0.3 is 0 Å². The van der Waals surface area contributed by atoms with Crippen LogP contribution in [0.1, 0.15) is 28.8 Å². The predicted octanol–water partition coefficient (Wildman–Crippen LogP) is 6.23. The molecule has 18 heavy (non-hydrogen) atoms. The van der Waals surface area contributed by atoms with Gasteiger partial charge in [0.05, 0.1) is 10.0 Å². The van der Waals surface area contributed by atoms with E-state index in [0.29, 0.717) is 16.0 Å². The predicted molar refractivity (Wildman–Crippen MR) is 83.0 cm³/mol. The zero-order valence-corrected chi connectivity index (χ0v) is 13.0. The molecule has 2 unspecified atom stereocenters. The van der Waals surface area contributed by atoms with Crippen LogP contribution in [-0.2, 0) is 0 Å².